The van der Waals surface area contributed by atoms with Crippen LogP contribution >= 0.6 is 0 Å². The summed E-state index contributed by atoms with van der Waals surface area (Å²) >= 11 is 0. The summed E-state index contributed by atoms with van der Waals surface area (Å²) in [6, 6.07) is 1.48. The molecular formula is C19H24F3N7O6. The first-order chi connectivity index (χ1) is 16.4. The van der Waals surface area contributed by atoms with Crippen LogP contribution in [0.5, 0.6) is 5.88 Å². The van der Waals surface area contributed by atoms with Gasteiger partial charge in [-0.05, 0) is 18.9 Å². The number of unbranched alkanes of at least 4 members (excludes halogenated alkanes) is 2. The van der Waals surface area contributed by atoms with E-state index in [1.54, 1.807) is 0 Å². The van der Waals surface area contributed by atoms with Crippen LogP contribution in [0.2, 0.25) is 0 Å². The first kappa shape index (κ1) is 28.7. The van der Waals surface area contributed by atoms with Gasteiger partial charge in [-0.2, -0.15) is 13.2 Å². The minimum Gasteiger partial charge on any atom is -0.493 e. The lowest BCUT2D eigenvalue weighted by Gasteiger charge is -2.07. The average molecular weight is 503 g/mol. The zero-order chi connectivity index (χ0) is 26.4. The van der Waals surface area contributed by atoms with Crippen LogP contribution in [0.25, 0.3) is 0 Å². The van der Waals surface area contributed by atoms with E-state index in [9.17, 15) is 32.7 Å². The van der Waals surface area contributed by atoms with Crippen LogP contribution in [0.15, 0.2) is 40.4 Å². The maximum atomic E-state index is 12.1. The Morgan fingerprint density at radius 2 is 1.86 bits per heavy atom. The first-order valence-electron chi connectivity index (χ1n) is 9.93. The molecule has 0 amide bonds. The van der Waals surface area contributed by atoms with Crippen LogP contribution in [-0.4, -0.2) is 65.5 Å². The number of aromatic nitrogens is 4. The lowest BCUT2D eigenvalue weighted by Crippen LogP contribution is -2.26. The Hall–Kier alpha value is -4.37. The van der Waals surface area contributed by atoms with Gasteiger partial charge in [-0.25, -0.2) is 29.3 Å². The summed E-state index contributed by atoms with van der Waals surface area (Å²) in [5.74, 6) is -2.29. The van der Waals surface area contributed by atoms with Crippen LogP contribution in [0.1, 0.15) is 25.1 Å². The molecule has 2 aromatic heterocycles. The third kappa shape index (κ3) is 13.7. The molecule has 192 valence electrons. The van der Waals surface area contributed by atoms with Gasteiger partial charge in [0.2, 0.25) is 5.88 Å². The number of aromatic amines is 1. The molecule has 0 fully saturated rings. The molecule has 0 bridgehead atoms. The zero-order valence-corrected chi connectivity index (χ0v) is 18.2. The topological polar surface area (TPSA) is 209 Å². The Morgan fingerprint density at radius 3 is 2.40 bits per heavy atom. The summed E-state index contributed by atoms with van der Waals surface area (Å²) in [6.07, 6.45) is 2.35. The second-order valence-corrected chi connectivity index (χ2v) is 6.76. The summed E-state index contributed by atoms with van der Waals surface area (Å²) in [6.45, 7) is -0.893. The minimum atomic E-state index is -4.42. The number of aliphatic imine (C=N–C) groups is 1. The number of halogens is 3. The number of aromatic hydroxyl groups is 1. The van der Waals surface area contributed by atoms with Crippen molar-refractivity contribution in [3.63, 3.8) is 0 Å². The molecule has 13 nitrogen and oxygen atoms in total. The number of carbonyl (C=O) groups is 2. The van der Waals surface area contributed by atoms with Gasteiger partial charge in [0.15, 0.2) is 5.96 Å². The number of rotatable bonds is 10. The van der Waals surface area contributed by atoms with Gasteiger partial charge in [-0.3, -0.25) is 9.55 Å². The molecule has 35 heavy (non-hydrogen) atoms. The molecule has 0 atom stereocenters. The van der Waals surface area contributed by atoms with Gasteiger partial charge < -0.3 is 26.4 Å². The Labute approximate surface area is 195 Å². The maximum absolute atomic E-state index is 12.1. The summed E-state index contributed by atoms with van der Waals surface area (Å²) in [5, 5.41) is 27.3. The standard InChI is InChI=1S/C15H20F3N7O2.C4H4O4/c16-15(17,18)9-21-13(19)23-11-5-6-20-10(22-11)4-2-1-3-7-25-8-12(26)24-14(25)27;5-3(6)1-2-4(7)8/h5-6,8,26H,1-4,7,9H2,(H,24,27)(H3,19,20,21,22,23);1-2H,(H,5,6)(H,7,8)/b;2-1-. The van der Waals surface area contributed by atoms with E-state index in [0.717, 1.165) is 19.3 Å². The van der Waals surface area contributed by atoms with Crippen LogP contribution in [0.4, 0.5) is 19.0 Å². The number of carboxylic acid groups (broad SMARTS) is 2. The van der Waals surface area contributed by atoms with Crippen LogP contribution in [0.3, 0.4) is 0 Å². The molecule has 0 aliphatic heterocycles. The second-order valence-electron chi connectivity index (χ2n) is 6.76. The Morgan fingerprint density at radius 1 is 1.20 bits per heavy atom. The van der Waals surface area contributed by atoms with Crippen molar-refractivity contribution in [2.45, 2.75) is 38.4 Å². The summed E-state index contributed by atoms with van der Waals surface area (Å²) in [7, 11) is 0. The molecule has 0 unspecified atom stereocenters. The monoisotopic (exact) mass is 503 g/mol. The van der Waals surface area contributed by atoms with Crippen LogP contribution < -0.4 is 16.7 Å². The van der Waals surface area contributed by atoms with Gasteiger partial charge in [0.1, 0.15) is 18.2 Å². The summed E-state index contributed by atoms with van der Waals surface area (Å²) < 4.78 is 37.7. The molecule has 0 saturated heterocycles. The van der Waals surface area contributed by atoms with Gasteiger partial charge in [-0.15, -0.1) is 0 Å². The number of hydrogen-bond acceptors (Lipinski definition) is 7. The van der Waals surface area contributed by atoms with E-state index in [4.69, 9.17) is 15.9 Å². The van der Waals surface area contributed by atoms with Gasteiger partial charge in [0.05, 0.1) is 6.20 Å². The molecule has 0 aliphatic carbocycles. The molecule has 0 aliphatic rings. The van der Waals surface area contributed by atoms with E-state index in [-0.39, 0.29) is 23.3 Å². The van der Waals surface area contributed by atoms with Crippen molar-refractivity contribution in [1.29, 1.82) is 0 Å². The number of H-pyrrole nitrogens is 1. The van der Waals surface area contributed by atoms with E-state index in [1.807, 2.05) is 0 Å². The lowest BCUT2D eigenvalue weighted by molar-refractivity contribution is -0.134. The second kappa shape index (κ2) is 14.0. The number of nitrogens with two attached hydrogens (primary N) is 1. The van der Waals surface area contributed by atoms with Gasteiger partial charge in [0.25, 0.3) is 0 Å². The number of imidazole rings is 1. The SMILES string of the molecule is NC(=NCC(F)(F)F)Nc1ccnc(CCCCCn2cc(O)[nH]c2=O)n1.O=C(O)/C=C\C(=O)O. The molecule has 2 heterocycles. The number of nitrogens with one attached hydrogen (secondary N) is 2. The maximum Gasteiger partial charge on any atom is 0.408 e. The van der Waals surface area contributed by atoms with Crippen LogP contribution in [0, 0.1) is 0 Å². The highest BCUT2D eigenvalue weighted by atomic mass is 19.4. The number of guanidine groups is 1. The Kier molecular flexibility index (Phi) is 11.5. The smallest absolute Gasteiger partial charge is 0.408 e. The van der Waals surface area contributed by atoms with Crippen molar-refractivity contribution >= 4 is 23.7 Å². The normalized spacial score (nSPS) is 11.7. The highest BCUT2D eigenvalue weighted by Gasteiger charge is 2.26. The van der Waals surface area contributed by atoms with Crippen molar-refractivity contribution in [1.82, 2.24) is 19.5 Å². The van der Waals surface area contributed by atoms with Gasteiger partial charge >= 0.3 is 23.8 Å². The van der Waals surface area contributed by atoms with Gasteiger partial charge in [0, 0.05) is 31.3 Å². The fourth-order valence-corrected chi connectivity index (χ4v) is 2.41. The van der Waals surface area contributed by atoms with Crippen molar-refractivity contribution in [2.24, 2.45) is 10.7 Å². The average Bonchev–Trinajstić information content (AvgIpc) is 3.07. The fraction of sp³-hybridized carbons (Fsp3) is 0.368. The van der Waals surface area contributed by atoms with Crippen molar-refractivity contribution in [2.75, 3.05) is 11.9 Å². The Balaban J connectivity index is 0.000000658. The largest absolute Gasteiger partial charge is 0.493 e. The van der Waals surface area contributed by atoms with E-state index >= 15 is 0 Å². The highest BCUT2D eigenvalue weighted by Crippen LogP contribution is 2.14. The van der Waals surface area contributed by atoms with E-state index in [0.29, 0.717) is 30.9 Å². The predicted octanol–water partition coefficient (Wildman–Crippen LogP) is 1.09. The molecule has 0 aromatic carbocycles. The first-order valence-corrected chi connectivity index (χ1v) is 9.93. The van der Waals surface area contributed by atoms with E-state index in [1.165, 1.54) is 23.0 Å². The number of aliphatic carboxylic acids is 2. The zero-order valence-electron chi connectivity index (χ0n) is 18.2. The van der Waals surface area contributed by atoms with Gasteiger partial charge in [-0.1, -0.05) is 6.42 Å². The number of anilines is 1. The summed E-state index contributed by atoms with van der Waals surface area (Å²) in [4.78, 5) is 44.2. The highest BCUT2D eigenvalue weighted by molar-refractivity contribution is 5.91. The number of carboxylic acids is 2. The fourth-order valence-electron chi connectivity index (χ4n) is 2.41. The third-order valence-electron chi connectivity index (χ3n) is 3.83. The molecule has 7 N–H and O–H groups in total. The third-order valence-corrected chi connectivity index (χ3v) is 3.83. The predicted molar refractivity (Wildman–Crippen MR) is 117 cm³/mol. The molecular weight excluding hydrogens is 479 g/mol. The number of hydrogen-bond donors (Lipinski definition) is 6. The molecule has 0 saturated carbocycles. The van der Waals surface area contributed by atoms with Crippen LogP contribution in [-0.2, 0) is 22.6 Å². The molecule has 0 spiro atoms. The number of nitrogens with zero attached hydrogens (tertiary/aromatic N) is 4. The quantitative estimate of drug-likeness (QED) is 0.118. The Bertz CT molecular complexity index is 1080. The van der Waals surface area contributed by atoms with E-state index in [2.05, 4.69) is 25.3 Å². The lowest BCUT2D eigenvalue weighted by atomic mass is 10.2. The summed E-state index contributed by atoms with van der Waals surface area (Å²) in [5.41, 5.74) is 5.04. The molecule has 2 rings (SSSR count). The number of aryl methyl sites for hydroxylation is 2. The van der Waals surface area contributed by atoms with E-state index < -0.39 is 24.7 Å². The van der Waals surface area contributed by atoms with Crippen molar-refractivity contribution in [3.8, 4) is 5.88 Å². The van der Waals surface area contributed by atoms with Crippen molar-refractivity contribution < 1.29 is 38.1 Å². The number of alkyl halides is 3. The minimum absolute atomic E-state index is 0.171. The molecule has 16 heteroatoms. The molecule has 0 radical (unpaired) electrons. The van der Waals surface area contributed by atoms with Crippen molar-refractivity contribution in [3.05, 3.63) is 46.9 Å². The molecule has 2 aromatic rings.